The molecule has 0 fully saturated rings. The van der Waals surface area contributed by atoms with Crippen LogP contribution in [-0.2, 0) is 5.41 Å². The van der Waals surface area contributed by atoms with E-state index >= 15 is 0 Å². The monoisotopic (exact) mass is 216 g/mol. The minimum Gasteiger partial charge on any atom is -0.200 e. The Morgan fingerprint density at radius 2 is 1.94 bits per heavy atom. The molecule has 16 heavy (non-hydrogen) atoms. The van der Waals surface area contributed by atoms with Gasteiger partial charge in [-0.2, -0.15) is 4.68 Å². The molecule has 84 valence electrons. The highest BCUT2D eigenvalue weighted by Crippen LogP contribution is 2.29. The Bertz CT molecular complexity index is 480. The van der Waals surface area contributed by atoms with Crippen LogP contribution in [0.5, 0.6) is 0 Å². The average molecular weight is 216 g/mol. The zero-order chi connectivity index (χ0) is 11.8. The molecule has 0 bridgehead atoms. The molecule has 0 amide bonds. The Balaban J connectivity index is 2.68. The summed E-state index contributed by atoms with van der Waals surface area (Å²) in [4.78, 5) is 0. The molecular weight excluding hydrogens is 200 g/mol. The van der Waals surface area contributed by atoms with Gasteiger partial charge in [0.1, 0.15) is 6.33 Å². The third kappa shape index (κ3) is 1.83. The predicted molar refractivity (Wildman–Crippen MR) is 62.6 cm³/mol. The predicted octanol–water partition coefficient (Wildman–Crippen LogP) is 2.27. The first-order valence-corrected chi connectivity index (χ1v) is 5.33. The van der Waals surface area contributed by atoms with Gasteiger partial charge >= 0.3 is 0 Å². The molecule has 0 unspecified atom stereocenters. The second-order valence-electron chi connectivity index (χ2n) is 4.98. The van der Waals surface area contributed by atoms with Crippen molar-refractivity contribution < 1.29 is 0 Å². The number of benzene rings is 1. The van der Waals surface area contributed by atoms with Crippen LogP contribution in [0.15, 0.2) is 24.5 Å². The summed E-state index contributed by atoms with van der Waals surface area (Å²) in [6.07, 6.45) is 1.64. The maximum absolute atomic E-state index is 3.98. The fourth-order valence-electron chi connectivity index (χ4n) is 1.83. The van der Waals surface area contributed by atoms with E-state index in [9.17, 15) is 0 Å². The molecule has 2 aromatic rings. The Hall–Kier alpha value is -1.71. The van der Waals surface area contributed by atoms with E-state index in [0.717, 1.165) is 5.69 Å². The van der Waals surface area contributed by atoms with Crippen LogP contribution in [0.2, 0.25) is 0 Å². The van der Waals surface area contributed by atoms with Gasteiger partial charge in [-0.1, -0.05) is 39.0 Å². The van der Waals surface area contributed by atoms with Gasteiger partial charge in [0.2, 0.25) is 0 Å². The van der Waals surface area contributed by atoms with Crippen molar-refractivity contribution in [2.75, 3.05) is 0 Å². The third-order valence-corrected chi connectivity index (χ3v) is 2.62. The molecule has 4 heteroatoms. The van der Waals surface area contributed by atoms with Crippen molar-refractivity contribution in [1.82, 2.24) is 20.2 Å². The highest BCUT2D eigenvalue weighted by molar-refractivity contribution is 5.49. The van der Waals surface area contributed by atoms with E-state index in [-0.39, 0.29) is 5.41 Å². The molecule has 0 saturated heterocycles. The van der Waals surface area contributed by atoms with Gasteiger partial charge < -0.3 is 0 Å². The number of tetrazole rings is 1. The summed E-state index contributed by atoms with van der Waals surface area (Å²) in [6.45, 7) is 8.65. The molecule has 0 spiro atoms. The van der Waals surface area contributed by atoms with Crippen LogP contribution in [0.25, 0.3) is 5.69 Å². The number of nitrogens with zero attached hydrogens (tertiary/aromatic N) is 4. The van der Waals surface area contributed by atoms with Crippen LogP contribution in [0.4, 0.5) is 0 Å². The van der Waals surface area contributed by atoms with E-state index in [0.29, 0.717) is 0 Å². The van der Waals surface area contributed by atoms with Gasteiger partial charge in [0, 0.05) is 0 Å². The average Bonchev–Trinajstić information content (AvgIpc) is 2.68. The Morgan fingerprint density at radius 1 is 1.19 bits per heavy atom. The minimum atomic E-state index is 0.0767. The number of rotatable bonds is 1. The van der Waals surface area contributed by atoms with Crippen molar-refractivity contribution in [3.8, 4) is 5.69 Å². The van der Waals surface area contributed by atoms with Crippen LogP contribution in [0.3, 0.4) is 0 Å². The number of para-hydroxylation sites is 1. The van der Waals surface area contributed by atoms with Crippen molar-refractivity contribution in [3.05, 3.63) is 35.7 Å². The summed E-state index contributed by atoms with van der Waals surface area (Å²) in [5.74, 6) is 0. The van der Waals surface area contributed by atoms with Gasteiger partial charge in [0.25, 0.3) is 0 Å². The Morgan fingerprint density at radius 3 is 2.50 bits per heavy atom. The first-order chi connectivity index (χ1) is 7.50. The van der Waals surface area contributed by atoms with Crippen molar-refractivity contribution in [2.45, 2.75) is 33.1 Å². The summed E-state index contributed by atoms with van der Waals surface area (Å²) in [7, 11) is 0. The number of hydrogen-bond acceptors (Lipinski definition) is 3. The summed E-state index contributed by atoms with van der Waals surface area (Å²) in [5.41, 5.74) is 3.59. The molecular formula is C12H16N4. The lowest BCUT2D eigenvalue weighted by Crippen LogP contribution is -2.16. The third-order valence-electron chi connectivity index (χ3n) is 2.62. The first kappa shape index (κ1) is 10.8. The van der Waals surface area contributed by atoms with E-state index in [1.54, 1.807) is 11.0 Å². The number of aryl methyl sites for hydroxylation is 1. The lowest BCUT2D eigenvalue weighted by Gasteiger charge is -2.23. The van der Waals surface area contributed by atoms with Crippen LogP contribution in [0.1, 0.15) is 31.9 Å². The summed E-state index contributed by atoms with van der Waals surface area (Å²) in [5, 5.41) is 11.4. The molecule has 0 saturated carbocycles. The first-order valence-electron chi connectivity index (χ1n) is 5.33. The lowest BCUT2D eigenvalue weighted by molar-refractivity contribution is 0.581. The van der Waals surface area contributed by atoms with E-state index in [4.69, 9.17) is 0 Å². The molecule has 0 N–H and O–H groups in total. The SMILES string of the molecule is Cc1cccc(C(C)(C)C)c1-n1cnnn1. The molecule has 2 rings (SSSR count). The van der Waals surface area contributed by atoms with Gasteiger partial charge in [-0.15, -0.1) is 5.10 Å². The second kappa shape index (κ2) is 3.70. The summed E-state index contributed by atoms with van der Waals surface area (Å²) >= 11 is 0. The zero-order valence-corrected chi connectivity index (χ0v) is 10.1. The Kier molecular flexibility index (Phi) is 2.50. The van der Waals surface area contributed by atoms with E-state index in [1.807, 2.05) is 0 Å². The molecule has 0 aliphatic rings. The van der Waals surface area contributed by atoms with Crippen molar-refractivity contribution in [2.24, 2.45) is 0 Å². The molecule has 1 heterocycles. The van der Waals surface area contributed by atoms with E-state index in [1.165, 1.54) is 11.1 Å². The van der Waals surface area contributed by atoms with Crippen molar-refractivity contribution >= 4 is 0 Å². The van der Waals surface area contributed by atoms with Crippen LogP contribution < -0.4 is 0 Å². The lowest BCUT2D eigenvalue weighted by atomic mass is 9.84. The zero-order valence-electron chi connectivity index (χ0n) is 10.1. The topological polar surface area (TPSA) is 43.6 Å². The summed E-state index contributed by atoms with van der Waals surface area (Å²) in [6, 6.07) is 6.28. The van der Waals surface area contributed by atoms with Crippen LogP contribution >= 0.6 is 0 Å². The Labute approximate surface area is 95.3 Å². The number of aromatic nitrogens is 4. The van der Waals surface area contributed by atoms with E-state index < -0.39 is 0 Å². The number of hydrogen-bond donors (Lipinski definition) is 0. The molecule has 0 aliphatic heterocycles. The van der Waals surface area contributed by atoms with Crippen molar-refractivity contribution in [1.29, 1.82) is 0 Å². The minimum absolute atomic E-state index is 0.0767. The van der Waals surface area contributed by atoms with Crippen molar-refractivity contribution in [3.63, 3.8) is 0 Å². The van der Waals surface area contributed by atoms with Gasteiger partial charge in [-0.05, 0) is 33.9 Å². The maximum atomic E-state index is 3.98. The highest BCUT2D eigenvalue weighted by atomic mass is 15.5. The normalized spacial score (nSPS) is 11.8. The quantitative estimate of drug-likeness (QED) is 0.734. The standard InChI is InChI=1S/C12H16N4/c1-9-6-5-7-10(12(2,3)4)11(9)16-8-13-14-15-16/h5-8H,1-4H3. The van der Waals surface area contributed by atoms with Gasteiger partial charge in [0.05, 0.1) is 5.69 Å². The van der Waals surface area contributed by atoms with E-state index in [2.05, 4.69) is 61.4 Å². The summed E-state index contributed by atoms with van der Waals surface area (Å²) < 4.78 is 1.73. The molecule has 1 aromatic carbocycles. The smallest absolute Gasteiger partial charge is 0.143 e. The molecule has 0 radical (unpaired) electrons. The largest absolute Gasteiger partial charge is 0.200 e. The molecule has 0 atom stereocenters. The molecule has 4 nitrogen and oxygen atoms in total. The van der Waals surface area contributed by atoms with Gasteiger partial charge in [0.15, 0.2) is 0 Å². The fraction of sp³-hybridized carbons (Fsp3) is 0.417. The van der Waals surface area contributed by atoms with Gasteiger partial charge in [-0.25, -0.2) is 0 Å². The molecule has 0 aliphatic carbocycles. The fourth-order valence-corrected chi connectivity index (χ4v) is 1.83. The van der Waals surface area contributed by atoms with Crippen LogP contribution in [-0.4, -0.2) is 20.2 Å². The second-order valence-corrected chi connectivity index (χ2v) is 4.98. The molecule has 1 aromatic heterocycles. The van der Waals surface area contributed by atoms with Crippen LogP contribution in [0, 0.1) is 6.92 Å². The van der Waals surface area contributed by atoms with Gasteiger partial charge in [-0.3, -0.25) is 0 Å². The highest BCUT2D eigenvalue weighted by Gasteiger charge is 2.20. The maximum Gasteiger partial charge on any atom is 0.143 e.